The third kappa shape index (κ3) is 5.76. The third-order valence-corrected chi connectivity index (χ3v) is 4.14. The monoisotopic (exact) mass is 263 g/mol. The molecule has 0 bridgehead atoms. The molecular weight excluding hydrogens is 230 g/mol. The van der Waals surface area contributed by atoms with Crippen LogP contribution in [0.1, 0.15) is 54.9 Å². The Morgan fingerprint density at radius 1 is 1.05 bits per heavy atom. The molecule has 2 unspecified atom stereocenters. The Morgan fingerprint density at radius 2 is 1.63 bits per heavy atom. The van der Waals surface area contributed by atoms with E-state index in [1.54, 1.807) is 5.57 Å². The summed E-state index contributed by atoms with van der Waals surface area (Å²) in [5.41, 5.74) is 2.90. The van der Waals surface area contributed by atoms with Crippen LogP contribution in [0.2, 0.25) is 0 Å². The summed E-state index contributed by atoms with van der Waals surface area (Å²) in [6, 6.07) is 0. The first-order valence-corrected chi connectivity index (χ1v) is 7.59. The Hall–Kier alpha value is -0.850. The Bertz CT molecular complexity index is 332. The van der Waals surface area contributed by atoms with Crippen molar-refractivity contribution in [3.63, 3.8) is 0 Å². The quantitative estimate of drug-likeness (QED) is 0.423. The van der Waals surface area contributed by atoms with E-state index in [2.05, 4.69) is 65.6 Å². The predicted octanol–water partition coefficient (Wildman–Crippen LogP) is 5.53. The van der Waals surface area contributed by atoms with Gasteiger partial charge in [0.2, 0.25) is 0 Å². The molecule has 0 aromatic heterocycles. The molecule has 0 N–H and O–H groups in total. The van der Waals surface area contributed by atoms with E-state index in [1.807, 2.05) is 13.3 Å². The van der Waals surface area contributed by atoms with Crippen LogP contribution in [0.25, 0.3) is 0 Å². The van der Waals surface area contributed by atoms with Gasteiger partial charge in [0.15, 0.2) is 0 Å². The van der Waals surface area contributed by atoms with Crippen LogP contribution < -0.4 is 0 Å². The molecule has 1 heteroatoms. The second-order valence-corrected chi connectivity index (χ2v) is 6.24. The van der Waals surface area contributed by atoms with E-state index in [9.17, 15) is 0 Å². The van der Waals surface area contributed by atoms with Crippen molar-refractivity contribution in [2.24, 2.45) is 28.7 Å². The number of hydrogen-bond acceptors (Lipinski definition) is 1. The minimum atomic E-state index is 0.634. The van der Waals surface area contributed by atoms with Gasteiger partial charge in [-0.25, -0.2) is 0 Å². The Balaban J connectivity index is 5.56. The molecule has 0 rings (SSSR count). The minimum Gasteiger partial charge on any atom is -0.296 e. The van der Waals surface area contributed by atoms with Crippen molar-refractivity contribution in [1.82, 2.24) is 0 Å². The normalized spacial score (nSPS) is 17.6. The maximum atomic E-state index is 4.20. The van der Waals surface area contributed by atoms with Gasteiger partial charge in [0, 0.05) is 13.3 Å². The van der Waals surface area contributed by atoms with Gasteiger partial charge in [0.1, 0.15) is 0 Å². The zero-order chi connectivity index (χ0) is 15.0. The van der Waals surface area contributed by atoms with E-state index in [0.717, 1.165) is 6.42 Å². The van der Waals surface area contributed by atoms with Crippen molar-refractivity contribution in [2.45, 2.75) is 54.9 Å². The molecule has 0 aromatic carbocycles. The summed E-state index contributed by atoms with van der Waals surface area (Å²) < 4.78 is 0. The molecule has 0 aliphatic carbocycles. The molecule has 0 aromatic rings. The van der Waals surface area contributed by atoms with E-state index in [4.69, 9.17) is 0 Å². The average Bonchev–Trinajstić information content (AvgIpc) is 2.33. The first-order valence-electron chi connectivity index (χ1n) is 7.59. The Labute approximate surface area is 120 Å². The molecule has 0 saturated heterocycles. The molecular formula is C18H33N. The van der Waals surface area contributed by atoms with Crippen LogP contribution in [0.3, 0.4) is 0 Å². The van der Waals surface area contributed by atoms with E-state index in [0.29, 0.717) is 23.7 Å². The summed E-state index contributed by atoms with van der Waals surface area (Å²) >= 11 is 0. The number of nitrogens with zero attached hydrogens (tertiary/aromatic N) is 1. The SMILES string of the molecule is C/C=C\C/C(=C(C)\C=N/C)C(C(C)C)C(C)C(C)C. The van der Waals surface area contributed by atoms with Crippen molar-refractivity contribution in [3.8, 4) is 0 Å². The lowest BCUT2D eigenvalue weighted by Gasteiger charge is -2.33. The molecule has 0 aliphatic rings. The van der Waals surface area contributed by atoms with Crippen LogP contribution in [0.5, 0.6) is 0 Å². The van der Waals surface area contributed by atoms with Crippen LogP contribution in [0.4, 0.5) is 0 Å². The first-order chi connectivity index (χ1) is 8.86. The first kappa shape index (κ1) is 18.1. The van der Waals surface area contributed by atoms with Gasteiger partial charge < -0.3 is 0 Å². The van der Waals surface area contributed by atoms with Crippen molar-refractivity contribution in [3.05, 3.63) is 23.3 Å². The summed E-state index contributed by atoms with van der Waals surface area (Å²) in [6.45, 7) is 16.0. The van der Waals surface area contributed by atoms with Gasteiger partial charge in [0.05, 0.1) is 0 Å². The second kappa shape index (κ2) is 9.12. The molecule has 2 atom stereocenters. The topological polar surface area (TPSA) is 12.4 Å². The molecule has 0 radical (unpaired) electrons. The summed E-state index contributed by atoms with van der Waals surface area (Å²) in [7, 11) is 1.85. The molecule has 0 spiro atoms. The molecule has 0 amide bonds. The highest BCUT2D eigenvalue weighted by Crippen LogP contribution is 2.36. The van der Waals surface area contributed by atoms with Crippen LogP contribution in [0.15, 0.2) is 28.3 Å². The number of aliphatic imine (C=N–C) groups is 1. The molecule has 0 aliphatic heterocycles. The molecule has 1 nitrogen and oxygen atoms in total. The van der Waals surface area contributed by atoms with E-state index >= 15 is 0 Å². The van der Waals surface area contributed by atoms with Crippen molar-refractivity contribution >= 4 is 6.21 Å². The smallest absolute Gasteiger partial charge is 0.0277 e. The third-order valence-electron chi connectivity index (χ3n) is 4.14. The van der Waals surface area contributed by atoms with Crippen LogP contribution in [-0.4, -0.2) is 13.3 Å². The van der Waals surface area contributed by atoms with Crippen molar-refractivity contribution in [2.75, 3.05) is 7.05 Å². The van der Waals surface area contributed by atoms with Gasteiger partial charge in [-0.3, -0.25) is 4.99 Å². The van der Waals surface area contributed by atoms with Crippen molar-refractivity contribution < 1.29 is 0 Å². The average molecular weight is 263 g/mol. The van der Waals surface area contributed by atoms with Gasteiger partial charge in [0.25, 0.3) is 0 Å². The maximum Gasteiger partial charge on any atom is 0.0277 e. The fourth-order valence-electron chi connectivity index (χ4n) is 2.82. The number of rotatable bonds is 7. The fraction of sp³-hybridized carbons (Fsp3) is 0.722. The lowest BCUT2D eigenvalue weighted by molar-refractivity contribution is 0.248. The van der Waals surface area contributed by atoms with Gasteiger partial charge in [-0.2, -0.15) is 0 Å². The lowest BCUT2D eigenvalue weighted by atomic mass is 9.72. The van der Waals surface area contributed by atoms with E-state index < -0.39 is 0 Å². The summed E-state index contributed by atoms with van der Waals surface area (Å²) in [5.74, 6) is 2.70. The Morgan fingerprint density at radius 3 is 2.00 bits per heavy atom. The minimum absolute atomic E-state index is 0.634. The van der Waals surface area contributed by atoms with Crippen LogP contribution in [-0.2, 0) is 0 Å². The zero-order valence-electron chi connectivity index (χ0n) is 14.2. The van der Waals surface area contributed by atoms with Gasteiger partial charge in [-0.1, -0.05) is 52.3 Å². The van der Waals surface area contributed by atoms with Crippen LogP contribution in [0, 0.1) is 23.7 Å². The number of allylic oxidation sites excluding steroid dienone is 4. The summed E-state index contributed by atoms with van der Waals surface area (Å²) in [4.78, 5) is 4.20. The lowest BCUT2D eigenvalue weighted by Crippen LogP contribution is -2.25. The Kier molecular flexibility index (Phi) is 8.71. The summed E-state index contributed by atoms with van der Waals surface area (Å²) in [5, 5.41) is 0. The summed E-state index contributed by atoms with van der Waals surface area (Å²) in [6.07, 6.45) is 7.48. The second-order valence-electron chi connectivity index (χ2n) is 6.24. The van der Waals surface area contributed by atoms with Crippen LogP contribution >= 0.6 is 0 Å². The molecule has 0 saturated carbocycles. The molecule has 110 valence electrons. The molecule has 0 fully saturated rings. The van der Waals surface area contributed by atoms with E-state index in [-0.39, 0.29) is 0 Å². The van der Waals surface area contributed by atoms with Crippen molar-refractivity contribution in [1.29, 1.82) is 0 Å². The van der Waals surface area contributed by atoms with Gasteiger partial charge >= 0.3 is 0 Å². The maximum absolute atomic E-state index is 4.20. The molecule has 19 heavy (non-hydrogen) atoms. The predicted molar refractivity (Wildman–Crippen MR) is 88.9 cm³/mol. The largest absolute Gasteiger partial charge is 0.296 e. The highest BCUT2D eigenvalue weighted by atomic mass is 14.6. The highest BCUT2D eigenvalue weighted by molar-refractivity contribution is 5.79. The van der Waals surface area contributed by atoms with Gasteiger partial charge in [-0.15, -0.1) is 0 Å². The zero-order valence-corrected chi connectivity index (χ0v) is 14.2. The van der Waals surface area contributed by atoms with E-state index in [1.165, 1.54) is 5.57 Å². The highest BCUT2D eigenvalue weighted by Gasteiger charge is 2.27. The number of hydrogen-bond donors (Lipinski definition) is 0. The fourth-order valence-corrected chi connectivity index (χ4v) is 2.82. The van der Waals surface area contributed by atoms with Gasteiger partial charge in [-0.05, 0) is 49.5 Å². The molecule has 0 heterocycles. The standard InChI is InChI=1S/C18H33N/c1-9-10-11-17(15(6)12-19-8)18(14(4)5)16(7)13(2)3/h9-10,12-14,16,18H,11H2,1-8H3/b10-9-,17-15+,19-12-.